The number of rotatable bonds is 9. The van der Waals surface area contributed by atoms with Crippen LogP contribution in [0, 0.1) is 0 Å². The number of methoxy groups -OCH3 is 3. The number of carbonyl (C=O) groups excluding carboxylic acids is 1. The Morgan fingerprint density at radius 2 is 1.68 bits per heavy atom. The van der Waals surface area contributed by atoms with E-state index in [4.69, 9.17) is 25.8 Å². The van der Waals surface area contributed by atoms with Gasteiger partial charge in [0, 0.05) is 6.07 Å². The molecule has 1 amide bonds. The molecule has 0 aliphatic heterocycles. The Bertz CT molecular complexity index is 949. The van der Waals surface area contributed by atoms with Crippen molar-refractivity contribution in [3.05, 3.63) is 47.0 Å². The first kappa shape index (κ1) is 21.8. The quantitative estimate of drug-likeness (QED) is 0.635. The molecule has 0 aliphatic carbocycles. The van der Waals surface area contributed by atoms with E-state index in [2.05, 4.69) is 10.0 Å². The van der Waals surface area contributed by atoms with Gasteiger partial charge in [-0.15, -0.1) is 0 Å². The summed E-state index contributed by atoms with van der Waals surface area (Å²) in [5.41, 5.74) is 0.834. The predicted octanol–water partition coefficient (Wildman–Crippen LogP) is 2.42. The predicted molar refractivity (Wildman–Crippen MR) is 107 cm³/mol. The van der Waals surface area contributed by atoms with Gasteiger partial charge in [0.2, 0.25) is 15.9 Å². The molecule has 152 valence electrons. The summed E-state index contributed by atoms with van der Waals surface area (Å²) in [6.45, 7) is -0.438. The lowest BCUT2D eigenvalue weighted by Gasteiger charge is -2.12. The minimum Gasteiger partial charge on any atom is -0.497 e. The van der Waals surface area contributed by atoms with Crippen molar-refractivity contribution in [2.75, 3.05) is 33.2 Å². The Hall–Kier alpha value is -2.49. The second-order valence-electron chi connectivity index (χ2n) is 5.66. The molecule has 0 aromatic heterocycles. The average molecular weight is 429 g/mol. The second-order valence-corrected chi connectivity index (χ2v) is 7.88. The summed E-state index contributed by atoms with van der Waals surface area (Å²) >= 11 is 6.00. The highest BCUT2D eigenvalue weighted by atomic mass is 35.5. The van der Waals surface area contributed by atoms with Crippen LogP contribution in [0.25, 0.3) is 0 Å². The summed E-state index contributed by atoms with van der Waals surface area (Å²) in [5, 5.41) is 2.89. The number of nitrogens with one attached hydrogen (secondary N) is 2. The third-order valence-corrected chi connectivity index (χ3v) is 5.30. The van der Waals surface area contributed by atoms with Crippen LogP contribution in [0.2, 0.25) is 5.02 Å². The third-order valence-electron chi connectivity index (χ3n) is 3.71. The van der Waals surface area contributed by atoms with Crippen molar-refractivity contribution in [3.8, 4) is 17.2 Å². The van der Waals surface area contributed by atoms with Gasteiger partial charge in [0.25, 0.3) is 0 Å². The number of halogens is 1. The Balaban J connectivity index is 1.99. The lowest BCUT2D eigenvalue weighted by molar-refractivity contribution is -0.115. The van der Waals surface area contributed by atoms with Crippen molar-refractivity contribution >= 4 is 33.2 Å². The van der Waals surface area contributed by atoms with Gasteiger partial charge in [-0.05, 0) is 29.8 Å². The average Bonchev–Trinajstić information content (AvgIpc) is 2.66. The molecule has 0 aliphatic rings. The van der Waals surface area contributed by atoms with E-state index in [9.17, 15) is 13.2 Å². The normalized spacial score (nSPS) is 11.0. The van der Waals surface area contributed by atoms with E-state index in [1.54, 1.807) is 30.3 Å². The number of carbonyl (C=O) groups is 1. The maximum Gasteiger partial charge on any atom is 0.239 e. The second kappa shape index (κ2) is 9.63. The molecular weight excluding hydrogens is 408 g/mol. The van der Waals surface area contributed by atoms with E-state index in [0.29, 0.717) is 33.5 Å². The molecule has 2 N–H and O–H groups in total. The highest BCUT2D eigenvalue weighted by Gasteiger charge is 2.16. The Kier molecular flexibility index (Phi) is 7.50. The number of anilines is 1. The van der Waals surface area contributed by atoms with Crippen LogP contribution >= 0.6 is 11.6 Å². The minimum atomic E-state index is -3.75. The van der Waals surface area contributed by atoms with Crippen LogP contribution in [0.1, 0.15) is 5.56 Å². The fourth-order valence-electron chi connectivity index (χ4n) is 2.35. The first-order valence-electron chi connectivity index (χ1n) is 8.09. The molecule has 0 heterocycles. The van der Waals surface area contributed by atoms with Gasteiger partial charge in [0.15, 0.2) is 0 Å². The molecule has 0 fully saturated rings. The molecule has 2 rings (SSSR count). The maximum atomic E-state index is 12.2. The molecule has 2 aromatic carbocycles. The van der Waals surface area contributed by atoms with Gasteiger partial charge >= 0.3 is 0 Å². The zero-order valence-electron chi connectivity index (χ0n) is 15.6. The molecule has 0 unspecified atom stereocenters. The van der Waals surface area contributed by atoms with E-state index >= 15 is 0 Å². The monoisotopic (exact) mass is 428 g/mol. The largest absolute Gasteiger partial charge is 0.497 e. The van der Waals surface area contributed by atoms with Gasteiger partial charge in [-0.3, -0.25) is 4.79 Å². The highest BCUT2D eigenvalue weighted by Crippen LogP contribution is 2.29. The molecule has 0 saturated heterocycles. The SMILES string of the molecule is COc1ccc(OC)c(NC(=O)CNS(=O)(=O)Cc2ccc(OC)c(Cl)c2)c1. The van der Waals surface area contributed by atoms with Crippen LogP contribution in [0.15, 0.2) is 36.4 Å². The molecule has 2 aromatic rings. The number of ether oxygens (including phenoxy) is 3. The van der Waals surface area contributed by atoms with Crippen molar-refractivity contribution in [1.29, 1.82) is 0 Å². The van der Waals surface area contributed by atoms with E-state index in [1.807, 2.05) is 0 Å². The van der Waals surface area contributed by atoms with E-state index < -0.39 is 22.5 Å². The van der Waals surface area contributed by atoms with Crippen molar-refractivity contribution in [1.82, 2.24) is 4.72 Å². The van der Waals surface area contributed by atoms with Gasteiger partial charge in [-0.1, -0.05) is 17.7 Å². The zero-order valence-corrected chi connectivity index (χ0v) is 17.2. The van der Waals surface area contributed by atoms with Gasteiger partial charge in [-0.2, -0.15) is 0 Å². The van der Waals surface area contributed by atoms with E-state index in [0.717, 1.165) is 0 Å². The van der Waals surface area contributed by atoms with Crippen LogP contribution in [0.5, 0.6) is 17.2 Å². The van der Waals surface area contributed by atoms with Crippen molar-refractivity contribution < 1.29 is 27.4 Å². The number of hydrogen-bond acceptors (Lipinski definition) is 6. The molecule has 0 bridgehead atoms. The van der Waals surface area contributed by atoms with E-state index in [-0.39, 0.29) is 5.75 Å². The summed E-state index contributed by atoms with van der Waals surface area (Å²) < 4.78 is 42.0. The highest BCUT2D eigenvalue weighted by molar-refractivity contribution is 7.88. The van der Waals surface area contributed by atoms with Crippen LogP contribution in [-0.2, 0) is 20.6 Å². The van der Waals surface area contributed by atoms with Gasteiger partial charge in [0.1, 0.15) is 17.2 Å². The van der Waals surface area contributed by atoms with Crippen LogP contribution in [-0.4, -0.2) is 42.2 Å². The smallest absolute Gasteiger partial charge is 0.239 e. The lowest BCUT2D eigenvalue weighted by Crippen LogP contribution is -2.33. The van der Waals surface area contributed by atoms with E-state index in [1.165, 1.54) is 27.4 Å². The number of hydrogen-bond donors (Lipinski definition) is 2. The van der Waals surface area contributed by atoms with Crippen LogP contribution in [0.4, 0.5) is 5.69 Å². The van der Waals surface area contributed by atoms with Crippen LogP contribution in [0.3, 0.4) is 0 Å². The lowest BCUT2D eigenvalue weighted by atomic mass is 10.2. The fourth-order valence-corrected chi connectivity index (χ4v) is 3.70. The number of benzene rings is 2. The van der Waals surface area contributed by atoms with Crippen LogP contribution < -0.4 is 24.2 Å². The van der Waals surface area contributed by atoms with Crippen molar-refractivity contribution in [3.63, 3.8) is 0 Å². The Morgan fingerprint density at radius 3 is 2.29 bits per heavy atom. The summed E-state index contributed by atoms with van der Waals surface area (Å²) in [7, 11) is 0.666. The Morgan fingerprint density at radius 1 is 1.00 bits per heavy atom. The fraction of sp³-hybridized carbons (Fsp3) is 0.278. The molecule has 8 nitrogen and oxygen atoms in total. The number of sulfonamides is 1. The maximum absolute atomic E-state index is 12.2. The molecule has 10 heteroatoms. The van der Waals surface area contributed by atoms with Gasteiger partial charge in [-0.25, -0.2) is 13.1 Å². The van der Waals surface area contributed by atoms with Crippen molar-refractivity contribution in [2.24, 2.45) is 0 Å². The summed E-state index contributed by atoms with van der Waals surface area (Å²) in [4.78, 5) is 12.1. The molecule has 0 radical (unpaired) electrons. The van der Waals surface area contributed by atoms with Gasteiger partial charge in [0.05, 0.1) is 44.3 Å². The molecule has 0 atom stereocenters. The summed E-state index contributed by atoms with van der Waals surface area (Å²) in [6.07, 6.45) is 0. The topological polar surface area (TPSA) is 103 Å². The zero-order chi connectivity index (χ0) is 20.7. The molecule has 28 heavy (non-hydrogen) atoms. The molecule has 0 saturated carbocycles. The summed E-state index contributed by atoms with van der Waals surface area (Å²) in [5.74, 6) is 0.509. The third kappa shape index (κ3) is 6.01. The van der Waals surface area contributed by atoms with Gasteiger partial charge < -0.3 is 19.5 Å². The first-order valence-corrected chi connectivity index (χ1v) is 10.1. The Labute approximate surface area is 168 Å². The molecule has 0 spiro atoms. The minimum absolute atomic E-state index is 0.304. The van der Waals surface area contributed by atoms with Crippen molar-refractivity contribution in [2.45, 2.75) is 5.75 Å². The standard InChI is InChI=1S/C18H21ClN2O6S/c1-25-13-5-7-17(27-3)15(9-13)21-18(22)10-20-28(23,24)11-12-4-6-16(26-2)14(19)8-12/h4-9,20H,10-11H2,1-3H3,(H,21,22). The summed E-state index contributed by atoms with van der Waals surface area (Å²) in [6, 6.07) is 9.55. The molecular formula is C18H21ClN2O6S. The number of amides is 1. The first-order chi connectivity index (χ1) is 13.3.